The molecule has 0 bridgehead atoms. The molecule has 0 spiro atoms. The van der Waals surface area contributed by atoms with Gasteiger partial charge in [-0.25, -0.2) is 9.37 Å². The van der Waals surface area contributed by atoms with Crippen LogP contribution in [0.5, 0.6) is 0 Å². The number of hydrogen-bond acceptors (Lipinski definition) is 3. The van der Waals surface area contributed by atoms with Gasteiger partial charge in [-0.2, -0.15) is 0 Å². The van der Waals surface area contributed by atoms with E-state index in [4.69, 9.17) is 0 Å². The van der Waals surface area contributed by atoms with Crippen LogP contribution in [0.1, 0.15) is 23.8 Å². The lowest BCUT2D eigenvalue weighted by molar-refractivity contribution is -0.115. The van der Waals surface area contributed by atoms with Gasteiger partial charge < -0.3 is 5.32 Å². The Hall–Kier alpha value is -1.75. The van der Waals surface area contributed by atoms with Gasteiger partial charge in [0.15, 0.2) is 5.13 Å². The van der Waals surface area contributed by atoms with Crippen molar-refractivity contribution in [2.45, 2.75) is 19.8 Å². The van der Waals surface area contributed by atoms with E-state index in [1.165, 1.54) is 23.5 Å². The monoisotopic (exact) mass is 264 g/mol. The van der Waals surface area contributed by atoms with Crippen LogP contribution in [0.4, 0.5) is 9.52 Å². The minimum Gasteiger partial charge on any atom is -0.302 e. The molecular weight excluding hydrogens is 251 g/mol. The smallest absolute Gasteiger partial charge is 0.225 e. The van der Waals surface area contributed by atoms with Crippen molar-refractivity contribution in [2.75, 3.05) is 5.32 Å². The molecule has 0 saturated carbocycles. The number of carbonyl (C=O) groups excluding carboxylic acids is 1. The number of amides is 1. The van der Waals surface area contributed by atoms with E-state index in [2.05, 4.69) is 10.3 Å². The van der Waals surface area contributed by atoms with Crippen molar-refractivity contribution >= 4 is 22.4 Å². The number of hydrogen-bond donors (Lipinski definition) is 1. The molecule has 3 nitrogen and oxygen atoms in total. The number of halogens is 1. The highest BCUT2D eigenvalue weighted by atomic mass is 32.1. The molecule has 0 aliphatic heterocycles. The maximum absolute atomic E-state index is 13.0. The molecule has 2 aromatic rings. The van der Waals surface area contributed by atoms with Crippen molar-refractivity contribution in [3.8, 4) is 0 Å². The Bertz CT molecular complexity index is 553. The molecule has 0 atom stereocenters. The summed E-state index contributed by atoms with van der Waals surface area (Å²) in [4.78, 5) is 16.3. The first kappa shape index (κ1) is 12.7. The van der Waals surface area contributed by atoms with Gasteiger partial charge in [0, 0.05) is 23.9 Å². The predicted molar refractivity (Wildman–Crippen MR) is 70.2 cm³/mol. The fourth-order valence-electron chi connectivity index (χ4n) is 1.50. The van der Waals surface area contributed by atoms with E-state index in [1.54, 1.807) is 19.2 Å². The molecule has 18 heavy (non-hydrogen) atoms. The molecule has 0 aliphatic rings. The largest absolute Gasteiger partial charge is 0.302 e. The van der Waals surface area contributed by atoms with E-state index in [0.29, 0.717) is 18.0 Å². The van der Waals surface area contributed by atoms with E-state index >= 15 is 0 Å². The molecule has 94 valence electrons. The number of benzene rings is 1. The molecule has 0 fully saturated rings. The topological polar surface area (TPSA) is 42.0 Å². The number of thiazole rings is 1. The van der Waals surface area contributed by atoms with Crippen molar-refractivity contribution < 1.29 is 9.18 Å². The Balaban J connectivity index is 2.04. The Labute approximate surface area is 109 Å². The first-order valence-electron chi connectivity index (χ1n) is 5.66. The summed E-state index contributed by atoms with van der Waals surface area (Å²) in [6.45, 7) is 1.79. The van der Waals surface area contributed by atoms with Crippen molar-refractivity contribution in [3.63, 3.8) is 0 Å². The highest BCUT2D eigenvalue weighted by molar-refractivity contribution is 7.15. The van der Waals surface area contributed by atoms with Crippen LogP contribution < -0.4 is 5.32 Å². The van der Waals surface area contributed by atoms with Crippen LogP contribution in [0.15, 0.2) is 30.5 Å². The van der Waals surface area contributed by atoms with Crippen LogP contribution in [0.25, 0.3) is 0 Å². The predicted octanol–water partition coefficient (Wildman–Crippen LogP) is 3.22. The van der Waals surface area contributed by atoms with Gasteiger partial charge in [0.1, 0.15) is 5.82 Å². The zero-order valence-electron chi connectivity index (χ0n) is 9.94. The summed E-state index contributed by atoms with van der Waals surface area (Å²) in [7, 11) is 0. The van der Waals surface area contributed by atoms with Gasteiger partial charge in [-0.1, -0.05) is 19.1 Å². The lowest BCUT2D eigenvalue weighted by Gasteiger charge is -1.98. The summed E-state index contributed by atoms with van der Waals surface area (Å²) in [6, 6.07) is 6.48. The maximum Gasteiger partial charge on any atom is 0.225 e. The van der Waals surface area contributed by atoms with Gasteiger partial charge in [-0.05, 0) is 17.7 Å². The Morgan fingerprint density at radius 1 is 1.50 bits per heavy atom. The normalized spacial score (nSPS) is 10.3. The summed E-state index contributed by atoms with van der Waals surface area (Å²) in [5, 5.41) is 3.29. The first-order valence-corrected chi connectivity index (χ1v) is 6.48. The molecule has 0 saturated heterocycles. The SMILES string of the molecule is CCC(=O)Nc1ncc(Cc2cccc(F)c2)s1. The number of nitrogens with one attached hydrogen (secondary N) is 1. The average molecular weight is 264 g/mol. The van der Waals surface area contributed by atoms with Crippen molar-refractivity contribution in [3.05, 3.63) is 46.7 Å². The molecule has 1 aromatic carbocycles. The molecule has 0 aliphatic carbocycles. The Kier molecular flexibility index (Phi) is 4.04. The summed E-state index contributed by atoms with van der Waals surface area (Å²) >= 11 is 1.41. The summed E-state index contributed by atoms with van der Waals surface area (Å²) in [5.74, 6) is -0.293. The molecule has 1 N–H and O–H groups in total. The lowest BCUT2D eigenvalue weighted by atomic mass is 10.1. The molecule has 1 aromatic heterocycles. The number of nitrogens with zero attached hydrogens (tertiary/aromatic N) is 1. The van der Waals surface area contributed by atoms with Crippen molar-refractivity contribution in [1.82, 2.24) is 4.98 Å². The Morgan fingerprint density at radius 3 is 3.06 bits per heavy atom. The van der Waals surface area contributed by atoms with Crippen LogP contribution in [-0.2, 0) is 11.2 Å². The molecular formula is C13H13FN2OS. The van der Waals surface area contributed by atoms with Crippen LogP contribution >= 0.6 is 11.3 Å². The summed E-state index contributed by atoms with van der Waals surface area (Å²) < 4.78 is 13.0. The Morgan fingerprint density at radius 2 is 2.33 bits per heavy atom. The van der Waals surface area contributed by atoms with Crippen molar-refractivity contribution in [2.24, 2.45) is 0 Å². The summed E-state index contributed by atoms with van der Waals surface area (Å²) in [5.41, 5.74) is 0.895. The molecule has 5 heteroatoms. The van der Waals surface area contributed by atoms with Gasteiger partial charge in [0.05, 0.1) is 0 Å². The van der Waals surface area contributed by atoms with E-state index in [-0.39, 0.29) is 11.7 Å². The molecule has 0 radical (unpaired) electrons. The third kappa shape index (κ3) is 3.37. The van der Waals surface area contributed by atoms with Gasteiger partial charge in [-0.3, -0.25) is 4.79 Å². The molecule has 0 unspecified atom stereocenters. The van der Waals surface area contributed by atoms with Gasteiger partial charge >= 0.3 is 0 Å². The molecule has 1 amide bonds. The second-order valence-electron chi connectivity index (χ2n) is 3.84. The van der Waals surface area contributed by atoms with Crippen molar-refractivity contribution in [1.29, 1.82) is 0 Å². The number of anilines is 1. The van der Waals surface area contributed by atoms with Crippen LogP contribution in [-0.4, -0.2) is 10.9 Å². The zero-order valence-corrected chi connectivity index (χ0v) is 10.8. The third-order valence-corrected chi connectivity index (χ3v) is 3.30. The summed E-state index contributed by atoms with van der Waals surface area (Å²) in [6.07, 6.45) is 2.76. The van der Waals surface area contributed by atoms with Gasteiger partial charge in [0.25, 0.3) is 0 Å². The molecule has 2 rings (SSSR count). The fourth-order valence-corrected chi connectivity index (χ4v) is 2.37. The highest BCUT2D eigenvalue weighted by Gasteiger charge is 2.06. The minimum absolute atomic E-state index is 0.0540. The van der Waals surface area contributed by atoms with Crippen LogP contribution in [0, 0.1) is 5.82 Å². The van der Waals surface area contributed by atoms with E-state index < -0.39 is 0 Å². The lowest BCUT2D eigenvalue weighted by Crippen LogP contribution is -2.08. The molecule has 1 heterocycles. The zero-order chi connectivity index (χ0) is 13.0. The van der Waals surface area contributed by atoms with Crippen LogP contribution in [0.2, 0.25) is 0 Å². The van der Waals surface area contributed by atoms with E-state index in [0.717, 1.165) is 10.4 Å². The quantitative estimate of drug-likeness (QED) is 0.921. The van der Waals surface area contributed by atoms with E-state index in [1.807, 2.05) is 6.07 Å². The van der Waals surface area contributed by atoms with Gasteiger partial charge in [-0.15, -0.1) is 11.3 Å². The number of aromatic nitrogens is 1. The second kappa shape index (κ2) is 5.73. The number of rotatable bonds is 4. The average Bonchev–Trinajstić information content (AvgIpc) is 2.76. The highest BCUT2D eigenvalue weighted by Crippen LogP contribution is 2.21. The third-order valence-electron chi connectivity index (χ3n) is 2.39. The van der Waals surface area contributed by atoms with Gasteiger partial charge in [0.2, 0.25) is 5.91 Å². The van der Waals surface area contributed by atoms with E-state index in [9.17, 15) is 9.18 Å². The number of carbonyl (C=O) groups is 1. The standard InChI is InChI=1S/C13H13FN2OS/c1-2-12(17)16-13-15-8-11(18-13)7-9-4-3-5-10(14)6-9/h3-6,8H,2,7H2,1H3,(H,15,16,17). The minimum atomic E-state index is -0.239. The second-order valence-corrected chi connectivity index (χ2v) is 4.96. The van der Waals surface area contributed by atoms with Crippen LogP contribution in [0.3, 0.4) is 0 Å². The first-order chi connectivity index (χ1) is 8.67. The fraction of sp³-hybridized carbons (Fsp3) is 0.231. The maximum atomic E-state index is 13.0.